The minimum Gasteiger partial charge on any atom is -0.339 e. The fraction of sp³-hybridized carbons (Fsp3) is 0.214. The first-order valence-corrected chi connectivity index (χ1v) is 7.12. The van der Waals surface area contributed by atoms with Crippen LogP contribution in [0.25, 0.3) is 0 Å². The number of piperazine rings is 1. The second-order valence-corrected chi connectivity index (χ2v) is 5.54. The number of hydrogen-bond acceptors (Lipinski definition) is 4. The molecule has 2 heterocycles. The summed E-state index contributed by atoms with van der Waals surface area (Å²) in [6.07, 6.45) is 1.72. The maximum Gasteiger partial charge on any atom is 0.250 e. The molecule has 1 unspecified atom stereocenters. The number of rotatable bonds is 3. The number of hydrogen-bond donors (Lipinski definition) is 1. The van der Waals surface area contributed by atoms with Crippen LogP contribution in [0.5, 0.6) is 0 Å². The van der Waals surface area contributed by atoms with Crippen LogP contribution in [0.1, 0.15) is 16.5 Å². The zero-order valence-corrected chi connectivity index (χ0v) is 11.5. The van der Waals surface area contributed by atoms with E-state index in [1.165, 1.54) is 11.3 Å². The smallest absolute Gasteiger partial charge is 0.250 e. The number of thiazole rings is 1. The van der Waals surface area contributed by atoms with Crippen molar-refractivity contribution in [1.82, 2.24) is 15.2 Å². The van der Waals surface area contributed by atoms with Crippen molar-refractivity contribution in [3.05, 3.63) is 52.5 Å². The molecule has 20 heavy (non-hydrogen) atoms. The molecule has 5 nitrogen and oxygen atoms in total. The summed E-state index contributed by atoms with van der Waals surface area (Å²) in [5.41, 5.74) is 2.53. The highest BCUT2D eigenvalue weighted by Crippen LogP contribution is 2.21. The average Bonchev–Trinajstić information content (AvgIpc) is 2.96. The maximum atomic E-state index is 12.5. The van der Waals surface area contributed by atoms with Gasteiger partial charge in [0.1, 0.15) is 12.6 Å². The van der Waals surface area contributed by atoms with E-state index >= 15 is 0 Å². The van der Waals surface area contributed by atoms with Crippen LogP contribution in [0.4, 0.5) is 0 Å². The molecule has 0 radical (unpaired) electrons. The Labute approximate surface area is 120 Å². The lowest BCUT2D eigenvalue weighted by molar-refractivity contribution is -0.145. The lowest BCUT2D eigenvalue weighted by atomic mass is 10.0. The Hall–Kier alpha value is -2.21. The molecular formula is C14H13N3O2S. The minimum atomic E-state index is -0.592. The molecule has 1 fully saturated rings. The molecule has 0 bridgehead atoms. The van der Waals surface area contributed by atoms with Crippen LogP contribution in [0.3, 0.4) is 0 Å². The van der Waals surface area contributed by atoms with Crippen LogP contribution in [0.15, 0.2) is 42.0 Å². The van der Waals surface area contributed by atoms with E-state index in [-0.39, 0.29) is 18.4 Å². The monoisotopic (exact) mass is 287 g/mol. The Kier molecular flexibility index (Phi) is 3.47. The van der Waals surface area contributed by atoms with Crippen LogP contribution in [-0.2, 0) is 16.1 Å². The SMILES string of the molecule is O=C1CN(Cc2cncs2)C(=O)C(c2ccccc2)N1. The quantitative estimate of drug-likeness (QED) is 0.926. The highest BCUT2D eigenvalue weighted by atomic mass is 32.1. The van der Waals surface area contributed by atoms with Gasteiger partial charge < -0.3 is 10.2 Å². The molecule has 102 valence electrons. The van der Waals surface area contributed by atoms with Gasteiger partial charge in [-0.2, -0.15) is 0 Å². The highest BCUT2D eigenvalue weighted by molar-refractivity contribution is 7.09. The molecule has 1 saturated heterocycles. The van der Waals surface area contributed by atoms with Gasteiger partial charge in [-0.1, -0.05) is 30.3 Å². The van der Waals surface area contributed by atoms with Crippen LogP contribution in [0.2, 0.25) is 0 Å². The van der Waals surface area contributed by atoms with Gasteiger partial charge in [-0.05, 0) is 5.56 Å². The summed E-state index contributed by atoms with van der Waals surface area (Å²) in [7, 11) is 0. The maximum absolute atomic E-state index is 12.5. The number of nitrogens with one attached hydrogen (secondary N) is 1. The van der Waals surface area contributed by atoms with E-state index in [1.54, 1.807) is 16.6 Å². The third-order valence-corrected chi connectivity index (χ3v) is 3.93. The van der Waals surface area contributed by atoms with E-state index in [2.05, 4.69) is 10.3 Å². The fourth-order valence-electron chi connectivity index (χ4n) is 2.22. The Morgan fingerprint density at radius 2 is 2.10 bits per heavy atom. The third kappa shape index (κ3) is 2.55. The van der Waals surface area contributed by atoms with Crippen molar-refractivity contribution in [2.45, 2.75) is 12.6 Å². The highest BCUT2D eigenvalue weighted by Gasteiger charge is 2.33. The van der Waals surface area contributed by atoms with E-state index < -0.39 is 6.04 Å². The average molecular weight is 287 g/mol. The molecule has 0 saturated carbocycles. The molecule has 1 aliphatic heterocycles. The van der Waals surface area contributed by atoms with E-state index in [0.717, 1.165) is 10.4 Å². The predicted octanol–water partition coefficient (Wildman–Crippen LogP) is 1.34. The van der Waals surface area contributed by atoms with Gasteiger partial charge in [0, 0.05) is 11.1 Å². The van der Waals surface area contributed by atoms with Gasteiger partial charge in [0.25, 0.3) is 5.91 Å². The van der Waals surface area contributed by atoms with Gasteiger partial charge in [0.05, 0.1) is 12.1 Å². The van der Waals surface area contributed by atoms with Crippen molar-refractivity contribution >= 4 is 23.2 Å². The Bertz CT molecular complexity index is 613. The van der Waals surface area contributed by atoms with E-state index in [0.29, 0.717) is 6.54 Å². The van der Waals surface area contributed by atoms with Crippen molar-refractivity contribution in [3.63, 3.8) is 0 Å². The second-order valence-electron chi connectivity index (χ2n) is 4.57. The molecule has 1 atom stereocenters. The molecule has 2 aromatic rings. The number of carbonyl (C=O) groups is 2. The van der Waals surface area contributed by atoms with Gasteiger partial charge in [-0.3, -0.25) is 14.6 Å². The van der Waals surface area contributed by atoms with Crippen LogP contribution in [-0.4, -0.2) is 28.2 Å². The second kappa shape index (κ2) is 5.42. The molecule has 2 amide bonds. The topological polar surface area (TPSA) is 62.3 Å². The van der Waals surface area contributed by atoms with Crippen LogP contribution < -0.4 is 5.32 Å². The zero-order chi connectivity index (χ0) is 13.9. The van der Waals surface area contributed by atoms with Gasteiger partial charge >= 0.3 is 0 Å². The van der Waals surface area contributed by atoms with E-state index in [1.807, 2.05) is 30.3 Å². The first-order valence-electron chi connectivity index (χ1n) is 6.24. The number of nitrogens with zero attached hydrogens (tertiary/aromatic N) is 2. The summed E-state index contributed by atoms with van der Waals surface area (Å²) in [6.45, 7) is 0.528. The first-order chi connectivity index (χ1) is 9.74. The molecule has 1 aliphatic rings. The van der Waals surface area contributed by atoms with Crippen molar-refractivity contribution in [1.29, 1.82) is 0 Å². The standard InChI is InChI=1S/C14H13N3O2S/c18-12-8-17(7-11-6-15-9-20-11)14(19)13(16-12)10-4-2-1-3-5-10/h1-6,9,13H,7-8H2,(H,16,18). The summed E-state index contributed by atoms with van der Waals surface area (Å²) >= 11 is 1.48. The summed E-state index contributed by atoms with van der Waals surface area (Å²) in [5, 5.41) is 2.75. The molecule has 1 aromatic carbocycles. The number of carbonyl (C=O) groups excluding carboxylic acids is 2. The summed E-state index contributed by atoms with van der Waals surface area (Å²) < 4.78 is 0. The summed E-state index contributed by atoms with van der Waals surface area (Å²) in [6, 6.07) is 8.70. The minimum absolute atomic E-state index is 0.0794. The largest absolute Gasteiger partial charge is 0.339 e. The third-order valence-electron chi connectivity index (χ3n) is 3.16. The number of benzene rings is 1. The Balaban J connectivity index is 1.82. The van der Waals surface area contributed by atoms with Crippen molar-refractivity contribution in [2.75, 3.05) is 6.54 Å². The van der Waals surface area contributed by atoms with Crippen molar-refractivity contribution in [2.24, 2.45) is 0 Å². The molecular weight excluding hydrogens is 274 g/mol. The lowest BCUT2D eigenvalue weighted by Gasteiger charge is -2.32. The number of amides is 2. The van der Waals surface area contributed by atoms with Crippen molar-refractivity contribution in [3.8, 4) is 0 Å². The van der Waals surface area contributed by atoms with Gasteiger partial charge in [0.15, 0.2) is 0 Å². The van der Waals surface area contributed by atoms with Crippen LogP contribution >= 0.6 is 11.3 Å². The van der Waals surface area contributed by atoms with E-state index in [4.69, 9.17) is 0 Å². The Morgan fingerprint density at radius 1 is 1.30 bits per heavy atom. The lowest BCUT2D eigenvalue weighted by Crippen LogP contribution is -2.52. The zero-order valence-electron chi connectivity index (χ0n) is 10.7. The fourth-order valence-corrected chi connectivity index (χ4v) is 2.82. The molecule has 3 rings (SSSR count). The Morgan fingerprint density at radius 3 is 2.80 bits per heavy atom. The van der Waals surface area contributed by atoms with E-state index in [9.17, 15) is 9.59 Å². The summed E-state index contributed by atoms with van der Waals surface area (Å²) in [5.74, 6) is -0.216. The molecule has 0 aliphatic carbocycles. The number of aromatic nitrogens is 1. The summed E-state index contributed by atoms with van der Waals surface area (Å²) in [4.78, 5) is 30.8. The molecule has 1 aromatic heterocycles. The molecule has 1 N–H and O–H groups in total. The van der Waals surface area contributed by atoms with Crippen molar-refractivity contribution < 1.29 is 9.59 Å². The van der Waals surface area contributed by atoms with Gasteiger partial charge in [-0.25, -0.2) is 0 Å². The normalized spacial score (nSPS) is 19.0. The van der Waals surface area contributed by atoms with Gasteiger partial charge in [0.2, 0.25) is 5.91 Å². The van der Waals surface area contributed by atoms with Crippen LogP contribution in [0, 0.1) is 0 Å². The predicted molar refractivity (Wildman–Crippen MR) is 74.9 cm³/mol. The van der Waals surface area contributed by atoms with Gasteiger partial charge in [-0.15, -0.1) is 11.3 Å². The molecule has 6 heteroatoms. The molecule has 0 spiro atoms. The first kappa shape index (κ1) is 12.8.